The first-order valence-corrected chi connectivity index (χ1v) is 8.10. The second-order valence-corrected chi connectivity index (χ2v) is 6.72. The Kier molecular flexibility index (Phi) is 3.98. The lowest BCUT2D eigenvalue weighted by Gasteiger charge is -2.30. The smallest absolute Gasteiger partial charge is 0.0637 e. The number of hydrogen-bond donors (Lipinski definition) is 2. The van der Waals surface area contributed by atoms with E-state index in [1.54, 1.807) is 11.3 Å². The Hall–Kier alpha value is -0.750. The summed E-state index contributed by atoms with van der Waals surface area (Å²) in [6.45, 7) is 0. The maximum absolute atomic E-state index is 5.82. The highest BCUT2D eigenvalue weighted by atomic mass is 79.9. The third-order valence-corrected chi connectivity index (χ3v) is 5.49. The SMILES string of the molecule is NNC(c1cc(Br)cs1)C1CCCc2cccnc21. The Bertz CT molecular complexity index is 569. The van der Waals surface area contributed by atoms with Gasteiger partial charge in [0, 0.05) is 32.5 Å². The molecule has 100 valence electrons. The second-order valence-electron chi connectivity index (χ2n) is 4.86. The molecule has 3 nitrogen and oxygen atoms in total. The minimum atomic E-state index is 0.144. The van der Waals surface area contributed by atoms with Gasteiger partial charge in [-0.15, -0.1) is 11.3 Å². The predicted octanol–water partition coefficient (Wildman–Crippen LogP) is 3.53. The van der Waals surface area contributed by atoms with Crippen molar-refractivity contribution in [1.82, 2.24) is 10.4 Å². The fourth-order valence-corrected chi connectivity index (χ4v) is 4.43. The number of thiophene rings is 1. The summed E-state index contributed by atoms with van der Waals surface area (Å²) >= 11 is 5.24. The van der Waals surface area contributed by atoms with Gasteiger partial charge >= 0.3 is 0 Å². The highest BCUT2D eigenvalue weighted by molar-refractivity contribution is 9.10. The van der Waals surface area contributed by atoms with Crippen molar-refractivity contribution in [2.75, 3.05) is 0 Å². The van der Waals surface area contributed by atoms with Crippen molar-refractivity contribution >= 4 is 27.3 Å². The summed E-state index contributed by atoms with van der Waals surface area (Å²) in [6, 6.07) is 6.50. The Labute approximate surface area is 125 Å². The quantitative estimate of drug-likeness (QED) is 0.665. The molecule has 1 aliphatic carbocycles. The summed E-state index contributed by atoms with van der Waals surface area (Å²) < 4.78 is 1.12. The van der Waals surface area contributed by atoms with Crippen LogP contribution >= 0.6 is 27.3 Å². The number of pyridine rings is 1. The largest absolute Gasteiger partial charge is 0.271 e. The average molecular weight is 338 g/mol. The monoisotopic (exact) mass is 337 g/mol. The van der Waals surface area contributed by atoms with Gasteiger partial charge in [-0.2, -0.15) is 0 Å². The number of rotatable bonds is 3. The van der Waals surface area contributed by atoms with Crippen LogP contribution in [0.4, 0.5) is 0 Å². The van der Waals surface area contributed by atoms with Crippen molar-refractivity contribution in [3.63, 3.8) is 0 Å². The molecule has 3 rings (SSSR count). The fraction of sp³-hybridized carbons (Fsp3) is 0.357. The molecule has 0 amide bonds. The molecule has 1 aliphatic rings. The molecule has 2 heterocycles. The van der Waals surface area contributed by atoms with E-state index in [4.69, 9.17) is 5.84 Å². The first kappa shape index (κ1) is 13.2. The van der Waals surface area contributed by atoms with Crippen LogP contribution in [0.2, 0.25) is 0 Å². The van der Waals surface area contributed by atoms with Crippen LogP contribution in [0.15, 0.2) is 34.2 Å². The molecule has 19 heavy (non-hydrogen) atoms. The number of hydrazine groups is 1. The molecule has 0 aliphatic heterocycles. The summed E-state index contributed by atoms with van der Waals surface area (Å²) in [5.74, 6) is 6.18. The Morgan fingerprint density at radius 2 is 2.42 bits per heavy atom. The van der Waals surface area contributed by atoms with E-state index in [-0.39, 0.29) is 6.04 Å². The highest BCUT2D eigenvalue weighted by Gasteiger charge is 2.30. The number of aromatic nitrogens is 1. The predicted molar refractivity (Wildman–Crippen MR) is 82.0 cm³/mol. The van der Waals surface area contributed by atoms with Gasteiger partial charge in [0.15, 0.2) is 0 Å². The van der Waals surface area contributed by atoms with Crippen LogP contribution in [0.3, 0.4) is 0 Å². The first-order chi connectivity index (χ1) is 9.29. The van der Waals surface area contributed by atoms with Crippen LogP contribution < -0.4 is 11.3 Å². The minimum absolute atomic E-state index is 0.144. The topological polar surface area (TPSA) is 50.9 Å². The zero-order valence-corrected chi connectivity index (χ0v) is 12.9. The molecule has 2 aromatic rings. The number of hydrogen-bond acceptors (Lipinski definition) is 4. The fourth-order valence-electron chi connectivity index (χ4n) is 2.86. The van der Waals surface area contributed by atoms with Gasteiger partial charge in [0.05, 0.1) is 6.04 Å². The van der Waals surface area contributed by atoms with Crippen molar-refractivity contribution in [3.8, 4) is 0 Å². The highest BCUT2D eigenvalue weighted by Crippen LogP contribution is 2.41. The number of nitrogens with zero attached hydrogens (tertiary/aromatic N) is 1. The number of aryl methyl sites for hydroxylation is 1. The minimum Gasteiger partial charge on any atom is -0.271 e. The van der Waals surface area contributed by atoms with Crippen molar-refractivity contribution in [2.24, 2.45) is 5.84 Å². The summed E-state index contributed by atoms with van der Waals surface area (Å²) in [7, 11) is 0. The lowest BCUT2D eigenvalue weighted by atomic mass is 9.81. The van der Waals surface area contributed by atoms with E-state index in [1.807, 2.05) is 12.3 Å². The van der Waals surface area contributed by atoms with Crippen molar-refractivity contribution in [1.29, 1.82) is 0 Å². The van der Waals surface area contributed by atoms with Crippen LogP contribution in [-0.2, 0) is 6.42 Å². The molecule has 5 heteroatoms. The van der Waals surface area contributed by atoms with E-state index in [0.717, 1.165) is 17.3 Å². The van der Waals surface area contributed by atoms with Crippen molar-refractivity contribution in [2.45, 2.75) is 31.2 Å². The summed E-state index contributed by atoms with van der Waals surface area (Å²) in [6.07, 6.45) is 5.35. The molecule has 0 spiro atoms. The van der Waals surface area contributed by atoms with E-state index in [2.05, 4.69) is 43.9 Å². The Balaban J connectivity index is 1.97. The lowest BCUT2D eigenvalue weighted by molar-refractivity contribution is 0.404. The molecule has 0 saturated carbocycles. The molecule has 2 aromatic heterocycles. The van der Waals surface area contributed by atoms with Gasteiger partial charge < -0.3 is 0 Å². The maximum atomic E-state index is 5.82. The first-order valence-electron chi connectivity index (χ1n) is 6.43. The molecule has 0 fully saturated rings. The van der Waals surface area contributed by atoms with Crippen LogP contribution in [-0.4, -0.2) is 4.98 Å². The van der Waals surface area contributed by atoms with Gasteiger partial charge in [0.1, 0.15) is 0 Å². The molecular weight excluding hydrogens is 322 g/mol. The number of nitrogens with two attached hydrogens (primary N) is 1. The van der Waals surface area contributed by atoms with E-state index in [0.29, 0.717) is 5.92 Å². The molecule has 0 aromatic carbocycles. The Morgan fingerprint density at radius 1 is 1.53 bits per heavy atom. The van der Waals surface area contributed by atoms with Crippen LogP contribution in [0.5, 0.6) is 0 Å². The van der Waals surface area contributed by atoms with Gasteiger partial charge in [0.2, 0.25) is 0 Å². The maximum Gasteiger partial charge on any atom is 0.0637 e. The van der Waals surface area contributed by atoms with Crippen LogP contribution in [0.1, 0.15) is 40.9 Å². The normalized spacial score (nSPS) is 20.0. The summed E-state index contributed by atoms with van der Waals surface area (Å²) in [4.78, 5) is 5.86. The molecule has 2 atom stereocenters. The lowest BCUT2D eigenvalue weighted by Crippen LogP contribution is -2.34. The van der Waals surface area contributed by atoms with E-state index in [9.17, 15) is 0 Å². The van der Waals surface area contributed by atoms with E-state index < -0.39 is 0 Å². The summed E-state index contributed by atoms with van der Waals surface area (Å²) in [5, 5.41) is 2.10. The molecule has 2 unspecified atom stereocenters. The zero-order chi connectivity index (χ0) is 13.2. The van der Waals surface area contributed by atoms with Gasteiger partial charge in [-0.25, -0.2) is 0 Å². The third-order valence-electron chi connectivity index (χ3n) is 3.71. The van der Waals surface area contributed by atoms with Crippen LogP contribution in [0, 0.1) is 0 Å². The van der Waals surface area contributed by atoms with Crippen LogP contribution in [0.25, 0.3) is 0 Å². The van der Waals surface area contributed by atoms with Gasteiger partial charge in [-0.1, -0.05) is 6.07 Å². The zero-order valence-electron chi connectivity index (χ0n) is 10.5. The number of nitrogens with one attached hydrogen (secondary N) is 1. The van der Waals surface area contributed by atoms with Crippen molar-refractivity contribution in [3.05, 3.63) is 50.4 Å². The average Bonchev–Trinajstić information content (AvgIpc) is 2.86. The van der Waals surface area contributed by atoms with Gasteiger partial charge in [-0.05, 0) is 52.9 Å². The molecule has 0 saturated heterocycles. The van der Waals surface area contributed by atoms with Gasteiger partial charge in [-0.3, -0.25) is 16.3 Å². The molecular formula is C14H16BrN3S. The van der Waals surface area contributed by atoms with E-state index >= 15 is 0 Å². The molecule has 0 radical (unpaired) electrons. The third kappa shape index (κ3) is 2.60. The number of halogens is 1. The molecule has 3 N–H and O–H groups in total. The standard InChI is InChI=1S/C14H16BrN3S/c15-10-7-12(19-8-10)14(18-16)11-5-1-3-9-4-2-6-17-13(9)11/h2,4,6-8,11,14,18H,1,3,5,16H2. The Morgan fingerprint density at radius 3 is 3.16 bits per heavy atom. The van der Waals surface area contributed by atoms with E-state index in [1.165, 1.54) is 22.6 Å². The van der Waals surface area contributed by atoms with Crippen molar-refractivity contribution < 1.29 is 0 Å². The summed E-state index contributed by atoms with van der Waals surface area (Å²) in [5.41, 5.74) is 5.57. The number of fused-ring (bicyclic) bond motifs is 1. The second kappa shape index (κ2) is 5.71. The molecule has 0 bridgehead atoms. The van der Waals surface area contributed by atoms with Gasteiger partial charge in [0.25, 0.3) is 0 Å².